The van der Waals surface area contributed by atoms with Crippen molar-refractivity contribution in [1.29, 1.82) is 0 Å². The largest absolute Gasteiger partial charge is 0.334 e. The van der Waals surface area contributed by atoms with E-state index in [-0.39, 0.29) is 0 Å². The number of fused-ring (bicyclic) bond motifs is 1. The van der Waals surface area contributed by atoms with E-state index in [4.69, 9.17) is 0 Å². The minimum absolute atomic E-state index is 0.359. The summed E-state index contributed by atoms with van der Waals surface area (Å²) in [7, 11) is 0. The lowest BCUT2D eigenvalue weighted by molar-refractivity contribution is 0.0964. The van der Waals surface area contributed by atoms with Gasteiger partial charge >= 0.3 is 6.03 Å². The standard InChI is InChI=1S/C20H18N2O2/c1-14-6-9-17(10-7-14)19(23)22-20(24)21-13-15-8-11-16-4-2-3-5-18(16)12-15/h2-12H,13H2,1H3,(H2,21,22,23,24). The van der Waals surface area contributed by atoms with Gasteiger partial charge in [0.2, 0.25) is 0 Å². The molecular weight excluding hydrogens is 300 g/mol. The van der Waals surface area contributed by atoms with Crippen LogP contribution in [0.3, 0.4) is 0 Å². The molecule has 0 fully saturated rings. The lowest BCUT2D eigenvalue weighted by Crippen LogP contribution is -2.39. The highest BCUT2D eigenvalue weighted by Crippen LogP contribution is 2.15. The number of hydrogen-bond acceptors (Lipinski definition) is 2. The smallest absolute Gasteiger partial charge is 0.321 e. The second-order valence-electron chi connectivity index (χ2n) is 5.68. The minimum atomic E-state index is -0.506. The molecule has 2 N–H and O–H groups in total. The molecule has 120 valence electrons. The first-order valence-electron chi connectivity index (χ1n) is 7.75. The molecule has 0 aliphatic carbocycles. The molecule has 0 heterocycles. The molecule has 0 radical (unpaired) electrons. The first kappa shape index (κ1) is 15.7. The van der Waals surface area contributed by atoms with Crippen LogP contribution in [0.2, 0.25) is 0 Å². The zero-order chi connectivity index (χ0) is 16.9. The maximum absolute atomic E-state index is 12.0. The van der Waals surface area contributed by atoms with Gasteiger partial charge in [-0.1, -0.05) is 54.1 Å². The van der Waals surface area contributed by atoms with Gasteiger partial charge < -0.3 is 5.32 Å². The second-order valence-corrected chi connectivity index (χ2v) is 5.68. The maximum atomic E-state index is 12.0. The van der Waals surface area contributed by atoms with E-state index in [1.165, 1.54) is 0 Å². The molecule has 0 aliphatic heterocycles. The van der Waals surface area contributed by atoms with Crippen molar-refractivity contribution in [2.75, 3.05) is 0 Å². The van der Waals surface area contributed by atoms with Crippen molar-refractivity contribution in [3.05, 3.63) is 83.4 Å². The van der Waals surface area contributed by atoms with E-state index in [9.17, 15) is 9.59 Å². The summed E-state index contributed by atoms with van der Waals surface area (Å²) in [5.74, 6) is -0.411. The molecule has 0 saturated heterocycles. The molecule has 24 heavy (non-hydrogen) atoms. The van der Waals surface area contributed by atoms with Crippen molar-refractivity contribution in [2.45, 2.75) is 13.5 Å². The van der Waals surface area contributed by atoms with Gasteiger partial charge in [0.25, 0.3) is 5.91 Å². The molecule has 0 atom stereocenters. The second kappa shape index (κ2) is 6.96. The zero-order valence-corrected chi connectivity index (χ0v) is 13.4. The topological polar surface area (TPSA) is 58.2 Å². The summed E-state index contributed by atoms with van der Waals surface area (Å²) >= 11 is 0. The summed E-state index contributed by atoms with van der Waals surface area (Å²) in [6.07, 6.45) is 0. The van der Waals surface area contributed by atoms with Crippen LogP contribution in [0.4, 0.5) is 4.79 Å². The Balaban J connectivity index is 1.58. The zero-order valence-electron chi connectivity index (χ0n) is 13.4. The van der Waals surface area contributed by atoms with E-state index in [0.29, 0.717) is 12.1 Å². The van der Waals surface area contributed by atoms with E-state index < -0.39 is 11.9 Å². The number of carbonyl (C=O) groups is 2. The van der Waals surface area contributed by atoms with Gasteiger partial charge in [0.05, 0.1) is 0 Å². The first-order chi connectivity index (χ1) is 11.6. The molecule has 0 saturated carbocycles. The van der Waals surface area contributed by atoms with Gasteiger partial charge in [0, 0.05) is 12.1 Å². The van der Waals surface area contributed by atoms with Crippen molar-refractivity contribution < 1.29 is 9.59 Å². The van der Waals surface area contributed by atoms with Gasteiger partial charge in [-0.3, -0.25) is 10.1 Å². The molecule has 0 unspecified atom stereocenters. The summed E-state index contributed by atoms with van der Waals surface area (Å²) in [5.41, 5.74) is 2.50. The summed E-state index contributed by atoms with van der Waals surface area (Å²) in [4.78, 5) is 23.9. The SMILES string of the molecule is Cc1ccc(C(=O)NC(=O)NCc2ccc3ccccc3c2)cc1. The molecule has 0 aromatic heterocycles. The average molecular weight is 318 g/mol. The Bertz CT molecular complexity index is 886. The van der Waals surface area contributed by atoms with Crippen LogP contribution in [0.1, 0.15) is 21.5 Å². The Labute approximate surface area is 140 Å². The fraction of sp³-hybridized carbons (Fsp3) is 0.100. The number of hydrogen-bond donors (Lipinski definition) is 2. The Hall–Kier alpha value is -3.14. The van der Waals surface area contributed by atoms with Crippen molar-refractivity contribution in [3.8, 4) is 0 Å². The number of benzene rings is 3. The summed E-state index contributed by atoms with van der Waals surface area (Å²) < 4.78 is 0. The number of nitrogens with one attached hydrogen (secondary N) is 2. The van der Waals surface area contributed by atoms with Gasteiger partial charge in [0.1, 0.15) is 0 Å². The maximum Gasteiger partial charge on any atom is 0.321 e. The molecule has 0 aliphatic rings. The first-order valence-corrected chi connectivity index (χ1v) is 7.75. The predicted molar refractivity (Wildman–Crippen MR) is 94.8 cm³/mol. The third kappa shape index (κ3) is 3.79. The quantitative estimate of drug-likeness (QED) is 0.772. The van der Waals surface area contributed by atoms with Crippen LogP contribution in [0.5, 0.6) is 0 Å². The molecule has 3 aromatic rings. The molecule has 3 aromatic carbocycles. The lowest BCUT2D eigenvalue weighted by Gasteiger charge is -2.08. The van der Waals surface area contributed by atoms with Gasteiger partial charge in [-0.25, -0.2) is 4.79 Å². The molecular formula is C20H18N2O2. The van der Waals surface area contributed by atoms with Crippen LogP contribution < -0.4 is 10.6 Å². The van der Waals surface area contributed by atoms with Crippen LogP contribution in [0, 0.1) is 6.92 Å². The van der Waals surface area contributed by atoms with Crippen LogP contribution in [0.15, 0.2) is 66.7 Å². The van der Waals surface area contributed by atoms with Gasteiger partial charge in [-0.15, -0.1) is 0 Å². The average Bonchev–Trinajstić information content (AvgIpc) is 2.60. The van der Waals surface area contributed by atoms with Crippen molar-refractivity contribution in [1.82, 2.24) is 10.6 Å². The molecule has 3 rings (SSSR count). The Kier molecular flexibility index (Phi) is 4.57. The Morgan fingerprint density at radius 3 is 2.33 bits per heavy atom. The Morgan fingerprint density at radius 1 is 0.875 bits per heavy atom. The third-order valence-electron chi connectivity index (χ3n) is 3.81. The molecule has 3 amide bonds. The van der Waals surface area contributed by atoms with E-state index in [1.54, 1.807) is 12.1 Å². The predicted octanol–water partition coefficient (Wildman–Crippen LogP) is 3.79. The fourth-order valence-electron chi connectivity index (χ4n) is 2.46. The highest BCUT2D eigenvalue weighted by Gasteiger charge is 2.09. The monoisotopic (exact) mass is 318 g/mol. The molecule has 0 bridgehead atoms. The Morgan fingerprint density at radius 2 is 1.58 bits per heavy atom. The van der Waals surface area contributed by atoms with Crippen molar-refractivity contribution in [2.24, 2.45) is 0 Å². The number of amides is 3. The van der Waals surface area contributed by atoms with Gasteiger partial charge in [-0.05, 0) is 41.5 Å². The fourth-order valence-corrected chi connectivity index (χ4v) is 2.46. The summed E-state index contributed by atoms with van der Waals surface area (Å²) in [6.45, 7) is 2.30. The number of carbonyl (C=O) groups excluding carboxylic acids is 2. The lowest BCUT2D eigenvalue weighted by atomic mass is 10.1. The van der Waals surface area contributed by atoms with Gasteiger partial charge in [-0.2, -0.15) is 0 Å². The number of urea groups is 1. The number of rotatable bonds is 3. The van der Waals surface area contributed by atoms with Crippen LogP contribution in [0.25, 0.3) is 10.8 Å². The van der Waals surface area contributed by atoms with E-state index in [0.717, 1.165) is 21.9 Å². The highest BCUT2D eigenvalue weighted by molar-refractivity contribution is 6.04. The van der Waals surface area contributed by atoms with Crippen LogP contribution >= 0.6 is 0 Å². The van der Waals surface area contributed by atoms with Crippen LogP contribution in [-0.4, -0.2) is 11.9 Å². The normalized spacial score (nSPS) is 10.4. The van der Waals surface area contributed by atoms with Crippen molar-refractivity contribution >= 4 is 22.7 Å². The van der Waals surface area contributed by atoms with E-state index >= 15 is 0 Å². The number of aryl methyl sites for hydroxylation is 1. The number of imide groups is 1. The van der Waals surface area contributed by atoms with Crippen LogP contribution in [-0.2, 0) is 6.54 Å². The molecule has 0 spiro atoms. The van der Waals surface area contributed by atoms with E-state index in [1.807, 2.05) is 61.5 Å². The minimum Gasteiger partial charge on any atom is -0.334 e. The van der Waals surface area contributed by atoms with Crippen molar-refractivity contribution in [3.63, 3.8) is 0 Å². The third-order valence-corrected chi connectivity index (χ3v) is 3.81. The highest BCUT2D eigenvalue weighted by atomic mass is 16.2. The molecule has 4 heteroatoms. The summed E-state index contributed by atoms with van der Waals surface area (Å²) in [6, 6.07) is 20.6. The molecule has 4 nitrogen and oxygen atoms in total. The summed E-state index contributed by atoms with van der Waals surface area (Å²) in [5, 5.41) is 7.31. The van der Waals surface area contributed by atoms with E-state index in [2.05, 4.69) is 10.6 Å². The van der Waals surface area contributed by atoms with Gasteiger partial charge in [0.15, 0.2) is 0 Å².